The van der Waals surface area contributed by atoms with E-state index in [9.17, 15) is 14.4 Å². The molecule has 3 rings (SSSR count). The third-order valence-corrected chi connectivity index (χ3v) is 5.83. The van der Waals surface area contributed by atoms with E-state index in [2.05, 4.69) is 10.6 Å². The van der Waals surface area contributed by atoms with Crippen LogP contribution in [-0.2, 0) is 16.0 Å². The molecule has 1 aromatic carbocycles. The molecule has 2 aliphatic rings. The molecule has 1 aliphatic heterocycles. The van der Waals surface area contributed by atoms with Crippen molar-refractivity contribution in [2.75, 3.05) is 13.1 Å². The average Bonchev–Trinajstić information content (AvgIpc) is 2.90. The van der Waals surface area contributed by atoms with Crippen LogP contribution < -0.4 is 15.4 Å². The van der Waals surface area contributed by atoms with E-state index in [1.165, 1.54) is 0 Å². The highest BCUT2D eigenvalue weighted by molar-refractivity contribution is 6.09. The van der Waals surface area contributed by atoms with Crippen LogP contribution in [0.5, 0.6) is 5.75 Å². The summed E-state index contributed by atoms with van der Waals surface area (Å²) in [7, 11) is 0. The van der Waals surface area contributed by atoms with E-state index in [1.54, 1.807) is 0 Å². The lowest BCUT2D eigenvalue weighted by atomic mass is 9.73. The zero-order valence-electron chi connectivity index (χ0n) is 17.5. The molecule has 1 saturated heterocycles. The molecule has 2 atom stereocenters. The summed E-state index contributed by atoms with van der Waals surface area (Å²) in [6.07, 6.45) is 4.32. The Morgan fingerprint density at radius 2 is 2.00 bits per heavy atom. The molecule has 7 nitrogen and oxygen atoms in total. The number of rotatable bonds is 7. The Bertz CT molecular complexity index is 762. The summed E-state index contributed by atoms with van der Waals surface area (Å²) in [5.74, 6) is 0.319. The summed E-state index contributed by atoms with van der Waals surface area (Å²) in [6.45, 7) is 6.16. The van der Waals surface area contributed by atoms with Crippen molar-refractivity contribution in [3.8, 4) is 5.75 Å². The molecule has 7 heteroatoms. The molecule has 2 fully saturated rings. The molecule has 1 spiro atoms. The van der Waals surface area contributed by atoms with Gasteiger partial charge in [0.1, 0.15) is 17.8 Å². The normalized spacial score (nSPS) is 24.1. The number of hydrogen-bond donors (Lipinski definition) is 2. The predicted octanol–water partition coefficient (Wildman–Crippen LogP) is 2.63. The molecule has 29 heavy (non-hydrogen) atoms. The summed E-state index contributed by atoms with van der Waals surface area (Å²) in [5.41, 5.74) is 0.251. The van der Waals surface area contributed by atoms with Crippen LogP contribution >= 0.6 is 0 Å². The Labute approximate surface area is 172 Å². The van der Waals surface area contributed by atoms with Crippen molar-refractivity contribution >= 4 is 17.8 Å². The van der Waals surface area contributed by atoms with E-state index in [-0.39, 0.29) is 30.4 Å². The second kappa shape index (κ2) is 8.84. The van der Waals surface area contributed by atoms with E-state index in [0.29, 0.717) is 19.4 Å². The molecule has 158 valence electrons. The molecule has 1 heterocycles. The van der Waals surface area contributed by atoms with Gasteiger partial charge in [-0.2, -0.15) is 0 Å². The average molecular weight is 402 g/mol. The van der Waals surface area contributed by atoms with Crippen LogP contribution in [0.3, 0.4) is 0 Å². The SMILES string of the molecule is CC(C)Oc1ccc(CCNC(=O)CN2C(=O)NC3(CCCCC3C)C2=O)cc1. The number of carbonyl (C=O) groups is 3. The zero-order valence-corrected chi connectivity index (χ0v) is 17.5. The third-order valence-electron chi connectivity index (χ3n) is 5.83. The fraction of sp³-hybridized carbons (Fsp3) is 0.591. The smallest absolute Gasteiger partial charge is 0.325 e. The maximum absolute atomic E-state index is 12.9. The number of carbonyl (C=O) groups excluding carboxylic acids is 3. The fourth-order valence-corrected chi connectivity index (χ4v) is 4.19. The summed E-state index contributed by atoms with van der Waals surface area (Å²) in [4.78, 5) is 38.6. The lowest BCUT2D eigenvalue weighted by Crippen LogP contribution is -2.54. The molecule has 0 aromatic heterocycles. The van der Waals surface area contributed by atoms with Crippen LogP contribution in [0, 0.1) is 5.92 Å². The summed E-state index contributed by atoms with van der Waals surface area (Å²) in [5, 5.41) is 5.67. The number of hydrogen-bond acceptors (Lipinski definition) is 4. The minimum Gasteiger partial charge on any atom is -0.491 e. The van der Waals surface area contributed by atoms with E-state index in [0.717, 1.165) is 35.5 Å². The molecule has 1 saturated carbocycles. The molecular formula is C22H31N3O4. The first-order valence-corrected chi connectivity index (χ1v) is 10.5. The van der Waals surface area contributed by atoms with Crippen LogP contribution in [0.2, 0.25) is 0 Å². The maximum atomic E-state index is 12.9. The monoisotopic (exact) mass is 401 g/mol. The van der Waals surface area contributed by atoms with Gasteiger partial charge in [0.05, 0.1) is 6.10 Å². The lowest BCUT2D eigenvalue weighted by molar-refractivity contribution is -0.137. The first kappa shape index (κ1) is 21.1. The number of benzene rings is 1. The van der Waals surface area contributed by atoms with Gasteiger partial charge in [-0.1, -0.05) is 31.9 Å². The van der Waals surface area contributed by atoms with Crippen LogP contribution in [0.4, 0.5) is 4.79 Å². The number of amides is 4. The topological polar surface area (TPSA) is 87.7 Å². The van der Waals surface area contributed by atoms with E-state index in [1.807, 2.05) is 45.0 Å². The van der Waals surface area contributed by atoms with E-state index in [4.69, 9.17) is 4.74 Å². The fourth-order valence-electron chi connectivity index (χ4n) is 4.19. The highest BCUT2D eigenvalue weighted by Crippen LogP contribution is 2.38. The van der Waals surface area contributed by atoms with Crippen LogP contribution in [0.25, 0.3) is 0 Å². The first-order chi connectivity index (χ1) is 13.8. The molecule has 2 N–H and O–H groups in total. The molecule has 1 aliphatic carbocycles. The van der Waals surface area contributed by atoms with E-state index >= 15 is 0 Å². The quantitative estimate of drug-likeness (QED) is 0.688. The van der Waals surface area contributed by atoms with Gasteiger partial charge in [-0.3, -0.25) is 14.5 Å². The van der Waals surface area contributed by atoms with Crippen molar-refractivity contribution in [2.24, 2.45) is 5.92 Å². The van der Waals surface area contributed by atoms with Crippen molar-refractivity contribution in [3.05, 3.63) is 29.8 Å². The van der Waals surface area contributed by atoms with Gasteiger partial charge in [0, 0.05) is 6.54 Å². The Kier molecular flexibility index (Phi) is 6.45. The van der Waals surface area contributed by atoms with Gasteiger partial charge in [-0.15, -0.1) is 0 Å². The van der Waals surface area contributed by atoms with Crippen LogP contribution in [0.15, 0.2) is 24.3 Å². The first-order valence-electron chi connectivity index (χ1n) is 10.5. The van der Waals surface area contributed by atoms with Gasteiger partial charge in [0.2, 0.25) is 5.91 Å². The Morgan fingerprint density at radius 1 is 1.28 bits per heavy atom. The van der Waals surface area contributed by atoms with E-state index < -0.39 is 11.6 Å². The number of nitrogens with zero attached hydrogens (tertiary/aromatic N) is 1. The third kappa shape index (κ3) is 4.71. The van der Waals surface area contributed by atoms with Crippen molar-refractivity contribution < 1.29 is 19.1 Å². The summed E-state index contributed by atoms with van der Waals surface area (Å²) < 4.78 is 5.62. The molecule has 0 radical (unpaired) electrons. The van der Waals surface area contributed by atoms with Crippen molar-refractivity contribution in [3.63, 3.8) is 0 Å². The standard InChI is InChI=1S/C22H31N3O4/c1-15(2)29-18-9-7-17(8-10-18)11-13-23-19(26)14-25-20(27)22(24-21(25)28)12-5-4-6-16(22)3/h7-10,15-16H,4-6,11-14H2,1-3H3,(H,23,26)(H,24,28). The predicted molar refractivity (Wildman–Crippen MR) is 110 cm³/mol. The van der Waals surface area contributed by atoms with Crippen molar-refractivity contribution in [2.45, 2.75) is 64.5 Å². The highest BCUT2D eigenvalue weighted by Gasteiger charge is 2.55. The van der Waals surface area contributed by atoms with Gasteiger partial charge < -0.3 is 15.4 Å². The highest BCUT2D eigenvalue weighted by atomic mass is 16.5. The van der Waals surface area contributed by atoms with Gasteiger partial charge >= 0.3 is 6.03 Å². The minimum absolute atomic E-state index is 0.0865. The maximum Gasteiger partial charge on any atom is 0.325 e. The lowest BCUT2D eigenvalue weighted by Gasteiger charge is -2.36. The summed E-state index contributed by atoms with van der Waals surface area (Å²) >= 11 is 0. The molecular weight excluding hydrogens is 370 g/mol. The van der Waals surface area contributed by atoms with Gasteiger partial charge in [-0.25, -0.2) is 4.79 Å². The number of ether oxygens (including phenoxy) is 1. The van der Waals surface area contributed by atoms with Crippen molar-refractivity contribution in [1.29, 1.82) is 0 Å². The number of nitrogens with one attached hydrogen (secondary N) is 2. The number of urea groups is 1. The molecule has 1 aromatic rings. The second-order valence-corrected chi connectivity index (χ2v) is 8.35. The zero-order chi connectivity index (χ0) is 21.0. The Morgan fingerprint density at radius 3 is 2.66 bits per heavy atom. The molecule has 0 bridgehead atoms. The Hall–Kier alpha value is -2.57. The number of imide groups is 1. The van der Waals surface area contributed by atoms with Gasteiger partial charge in [0.25, 0.3) is 5.91 Å². The minimum atomic E-state index is -0.824. The van der Waals surface area contributed by atoms with Crippen LogP contribution in [0.1, 0.15) is 52.0 Å². The second-order valence-electron chi connectivity index (χ2n) is 8.35. The molecule has 4 amide bonds. The van der Waals surface area contributed by atoms with Crippen molar-refractivity contribution in [1.82, 2.24) is 15.5 Å². The van der Waals surface area contributed by atoms with Gasteiger partial charge in [0.15, 0.2) is 0 Å². The largest absolute Gasteiger partial charge is 0.491 e. The summed E-state index contributed by atoms with van der Waals surface area (Å²) in [6, 6.07) is 7.30. The molecule has 2 unspecified atom stereocenters. The van der Waals surface area contributed by atoms with Gasteiger partial charge in [-0.05, 0) is 56.7 Å². The Balaban J connectivity index is 1.48. The van der Waals surface area contributed by atoms with Crippen LogP contribution in [-0.4, -0.2) is 47.5 Å².